The quantitative estimate of drug-likeness (QED) is 0.196. The third-order valence-electron chi connectivity index (χ3n) is 9.43. The first-order valence-corrected chi connectivity index (χ1v) is 16.2. The predicted octanol–water partition coefficient (Wildman–Crippen LogP) is 10.5. The van der Waals surface area contributed by atoms with E-state index in [0.717, 1.165) is 39.7 Å². The number of benzene rings is 5. The third-order valence-corrected chi connectivity index (χ3v) is 9.43. The fraction of sp³-hybridized carbons (Fsp3) is 0.114. The summed E-state index contributed by atoms with van der Waals surface area (Å²) in [5, 5.41) is 0. The Hall–Kier alpha value is -5.67. The van der Waals surface area contributed by atoms with Crippen LogP contribution in [-0.4, -0.2) is 15.0 Å². The van der Waals surface area contributed by atoms with Crippen LogP contribution in [0.5, 0.6) is 0 Å². The van der Waals surface area contributed by atoms with E-state index in [4.69, 9.17) is 9.97 Å². The molecule has 1 atom stereocenters. The van der Waals surface area contributed by atoms with E-state index in [1.807, 2.05) is 13.8 Å². The summed E-state index contributed by atoms with van der Waals surface area (Å²) in [6.45, 7) is 8.22. The molecule has 0 saturated carbocycles. The summed E-state index contributed by atoms with van der Waals surface area (Å²) in [5.74, 6) is 0.780. The van der Waals surface area contributed by atoms with Crippen molar-refractivity contribution >= 4 is 0 Å². The van der Waals surface area contributed by atoms with Gasteiger partial charge in [0.2, 0.25) is 0 Å². The fourth-order valence-corrected chi connectivity index (χ4v) is 7.73. The van der Waals surface area contributed by atoms with Gasteiger partial charge in [0.05, 0.1) is 16.8 Å². The fourth-order valence-electron chi connectivity index (χ4n) is 7.73. The van der Waals surface area contributed by atoms with Gasteiger partial charge in [-0.25, -0.2) is 9.97 Å². The van der Waals surface area contributed by atoms with Crippen molar-refractivity contribution in [3.8, 4) is 44.8 Å². The van der Waals surface area contributed by atoms with Crippen molar-refractivity contribution in [2.45, 2.75) is 33.1 Å². The maximum Gasteiger partial charge on any atom is 0.126 e. The smallest absolute Gasteiger partial charge is 0.126 e. The van der Waals surface area contributed by atoms with E-state index in [1.54, 1.807) is 0 Å². The Morgan fingerprint density at radius 2 is 1.04 bits per heavy atom. The molecule has 5 aromatic carbocycles. The molecule has 47 heavy (non-hydrogen) atoms. The lowest BCUT2D eigenvalue weighted by molar-refractivity contribution is 0.769. The zero-order valence-electron chi connectivity index (χ0n) is 27.1. The minimum atomic E-state index is -0.538. The Bertz CT molecular complexity index is 2260. The number of aryl methyl sites for hydroxylation is 4. The van der Waals surface area contributed by atoms with Crippen molar-refractivity contribution in [3.05, 3.63) is 185 Å². The van der Waals surface area contributed by atoms with Crippen molar-refractivity contribution < 1.29 is 0 Å². The lowest BCUT2D eigenvalue weighted by Gasteiger charge is -2.34. The van der Waals surface area contributed by atoms with Gasteiger partial charge in [0.1, 0.15) is 5.82 Å². The van der Waals surface area contributed by atoms with Crippen molar-refractivity contribution in [1.29, 1.82) is 0 Å². The Labute approximate surface area is 276 Å². The van der Waals surface area contributed by atoms with Gasteiger partial charge in [0.15, 0.2) is 0 Å². The van der Waals surface area contributed by atoms with Crippen LogP contribution in [0.15, 0.2) is 140 Å². The van der Waals surface area contributed by atoms with Gasteiger partial charge < -0.3 is 0 Å². The standard InChI is InChI=1S/C44H35N3/c1-28-24-29(2)46-41(25-28)36-19-9-8-18-35(36)32-14-12-17-34(27-32)44(33-15-6-5-7-16-33)39-22-11-10-20-37(39)43-38(21-13-23-40(43)44)42-26-30(3)45-31(4)47-42/h5-27H,1-4H3. The Kier molecular flexibility index (Phi) is 6.91. The zero-order valence-corrected chi connectivity index (χ0v) is 27.1. The van der Waals surface area contributed by atoms with Crippen molar-refractivity contribution in [3.63, 3.8) is 0 Å². The SMILES string of the molecule is Cc1cc(C)nc(-c2ccccc2-c2cccc(C3(c4ccccc4)c4ccccc4-c4c(-c5cc(C)nc(C)n5)cccc43)c2)c1. The van der Waals surface area contributed by atoms with Crippen LogP contribution in [0.2, 0.25) is 0 Å². The molecule has 226 valence electrons. The number of nitrogens with zero attached hydrogens (tertiary/aromatic N) is 3. The molecule has 0 radical (unpaired) electrons. The van der Waals surface area contributed by atoms with Crippen LogP contribution >= 0.6 is 0 Å². The molecule has 3 heteroatoms. The number of hydrogen-bond acceptors (Lipinski definition) is 3. The molecule has 3 nitrogen and oxygen atoms in total. The van der Waals surface area contributed by atoms with Gasteiger partial charge in [-0.3, -0.25) is 4.98 Å². The maximum atomic E-state index is 4.95. The molecule has 1 unspecified atom stereocenters. The molecule has 1 aliphatic rings. The Morgan fingerprint density at radius 3 is 1.83 bits per heavy atom. The average molecular weight is 606 g/mol. The second-order valence-electron chi connectivity index (χ2n) is 12.6. The highest BCUT2D eigenvalue weighted by Gasteiger charge is 2.47. The van der Waals surface area contributed by atoms with Gasteiger partial charge in [-0.1, -0.05) is 115 Å². The minimum absolute atomic E-state index is 0.538. The second kappa shape index (κ2) is 11.3. The number of rotatable bonds is 5. The van der Waals surface area contributed by atoms with Crippen LogP contribution in [0.4, 0.5) is 0 Å². The number of hydrogen-bond donors (Lipinski definition) is 0. The molecule has 0 N–H and O–H groups in total. The molecular formula is C44H35N3. The first kappa shape index (κ1) is 28.8. The lowest BCUT2D eigenvalue weighted by Crippen LogP contribution is -2.28. The first-order chi connectivity index (χ1) is 22.9. The monoisotopic (exact) mass is 605 g/mol. The van der Waals surface area contributed by atoms with E-state index in [2.05, 4.69) is 158 Å². The molecule has 2 heterocycles. The van der Waals surface area contributed by atoms with Crippen LogP contribution in [0.3, 0.4) is 0 Å². The molecule has 8 rings (SSSR count). The van der Waals surface area contributed by atoms with E-state index < -0.39 is 5.41 Å². The number of fused-ring (bicyclic) bond motifs is 3. The highest BCUT2D eigenvalue weighted by atomic mass is 14.9. The van der Waals surface area contributed by atoms with Crippen molar-refractivity contribution in [2.24, 2.45) is 0 Å². The summed E-state index contributed by atoms with van der Waals surface area (Å²) >= 11 is 0. The average Bonchev–Trinajstić information content (AvgIpc) is 3.39. The topological polar surface area (TPSA) is 38.7 Å². The highest BCUT2D eigenvalue weighted by Crippen LogP contribution is 2.58. The second-order valence-corrected chi connectivity index (χ2v) is 12.6. The number of pyridine rings is 1. The maximum absolute atomic E-state index is 4.95. The largest absolute Gasteiger partial charge is 0.253 e. The summed E-state index contributed by atoms with van der Waals surface area (Å²) in [6.07, 6.45) is 0. The molecular weight excluding hydrogens is 571 g/mol. The molecule has 0 saturated heterocycles. The molecule has 0 aliphatic heterocycles. The van der Waals surface area contributed by atoms with E-state index in [9.17, 15) is 0 Å². The van der Waals surface area contributed by atoms with Crippen LogP contribution in [0.1, 0.15) is 45.0 Å². The molecule has 0 spiro atoms. The summed E-state index contributed by atoms with van der Waals surface area (Å²) in [4.78, 5) is 14.5. The zero-order chi connectivity index (χ0) is 32.1. The van der Waals surface area contributed by atoms with Gasteiger partial charge in [-0.15, -0.1) is 0 Å². The van der Waals surface area contributed by atoms with Gasteiger partial charge in [-0.2, -0.15) is 0 Å². The molecule has 0 amide bonds. The Morgan fingerprint density at radius 1 is 0.426 bits per heavy atom. The highest BCUT2D eigenvalue weighted by molar-refractivity contribution is 5.95. The minimum Gasteiger partial charge on any atom is -0.253 e. The van der Waals surface area contributed by atoms with Crippen LogP contribution in [-0.2, 0) is 5.41 Å². The normalized spacial score (nSPS) is 14.9. The lowest BCUT2D eigenvalue weighted by atomic mass is 9.67. The first-order valence-electron chi connectivity index (χ1n) is 16.2. The molecule has 1 aliphatic carbocycles. The Balaban J connectivity index is 1.42. The predicted molar refractivity (Wildman–Crippen MR) is 192 cm³/mol. The van der Waals surface area contributed by atoms with E-state index in [-0.39, 0.29) is 0 Å². The van der Waals surface area contributed by atoms with Gasteiger partial charge in [0, 0.05) is 22.5 Å². The van der Waals surface area contributed by atoms with Crippen LogP contribution in [0, 0.1) is 27.7 Å². The molecule has 2 aromatic heterocycles. The van der Waals surface area contributed by atoms with Gasteiger partial charge in [-0.05, 0) is 102 Å². The molecule has 0 bridgehead atoms. The molecule has 0 fully saturated rings. The van der Waals surface area contributed by atoms with E-state index in [0.29, 0.717) is 0 Å². The molecule has 7 aromatic rings. The van der Waals surface area contributed by atoms with Crippen molar-refractivity contribution in [2.75, 3.05) is 0 Å². The van der Waals surface area contributed by atoms with Crippen molar-refractivity contribution in [1.82, 2.24) is 15.0 Å². The summed E-state index contributed by atoms with van der Waals surface area (Å²) < 4.78 is 0. The van der Waals surface area contributed by atoms with Crippen LogP contribution < -0.4 is 0 Å². The summed E-state index contributed by atoms with van der Waals surface area (Å²) in [5.41, 5.74) is 16.7. The van der Waals surface area contributed by atoms with E-state index >= 15 is 0 Å². The third kappa shape index (κ3) is 4.70. The van der Waals surface area contributed by atoms with Gasteiger partial charge in [0.25, 0.3) is 0 Å². The summed E-state index contributed by atoms with van der Waals surface area (Å²) in [7, 11) is 0. The summed E-state index contributed by atoms with van der Waals surface area (Å²) in [6, 6.07) is 50.8. The number of aromatic nitrogens is 3. The van der Waals surface area contributed by atoms with Gasteiger partial charge >= 0.3 is 0 Å². The van der Waals surface area contributed by atoms with Crippen LogP contribution in [0.25, 0.3) is 44.8 Å². The van der Waals surface area contributed by atoms with E-state index in [1.165, 1.54) is 50.1 Å².